The maximum absolute atomic E-state index is 5.88. The molecule has 1 heteroatoms. The van der Waals surface area contributed by atoms with E-state index in [1.807, 2.05) is 0 Å². The minimum atomic E-state index is 0.213. The van der Waals surface area contributed by atoms with Gasteiger partial charge < -0.3 is 4.74 Å². The minimum Gasteiger partial charge on any atom is -0.374 e. The molecule has 0 aliphatic heterocycles. The SMILES string of the molecule is CCOC(/C=C(\C)CCC=C(C)C)C/C=C(\C)CCC=C(C)C. The van der Waals surface area contributed by atoms with Crippen LogP contribution in [-0.4, -0.2) is 12.7 Å². The number of hydrogen-bond donors (Lipinski definition) is 0. The maximum Gasteiger partial charge on any atom is 0.0792 e. The third-order valence-electron chi connectivity index (χ3n) is 3.73. The van der Waals surface area contributed by atoms with Crippen LogP contribution in [-0.2, 0) is 4.74 Å². The zero-order valence-corrected chi connectivity index (χ0v) is 16.5. The molecule has 0 saturated heterocycles. The summed E-state index contributed by atoms with van der Waals surface area (Å²) in [5.41, 5.74) is 5.69. The molecular formula is C22H38O. The molecule has 0 saturated carbocycles. The van der Waals surface area contributed by atoms with Gasteiger partial charge in [-0.3, -0.25) is 0 Å². The van der Waals surface area contributed by atoms with Crippen LogP contribution in [0.25, 0.3) is 0 Å². The van der Waals surface area contributed by atoms with Crippen molar-refractivity contribution in [1.82, 2.24) is 0 Å². The second-order valence-corrected chi connectivity index (χ2v) is 6.93. The van der Waals surface area contributed by atoms with E-state index in [1.165, 1.54) is 22.3 Å². The number of allylic oxidation sites excluding steroid dienone is 6. The van der Waals surface area contributed by atoms with Gasteiger partial charge in [0.2, 0.25) is 0 Å². The van der Waals surface area contributed by atoms with Gasteiger partial charge in [0.25, 0.3) is 0 Å². The lowest BCUT2D eigenvalue weighted by Gasteiger charge is -2.13. The zero-order chi connectivity index (χ0) is 17.7. The second kappa shape index (κ2) is 13.4. The second-order valence-electron chi connectivity index (χ2n) is 6.93. The van der Waals surface area contributed by atoms with E-state index in [4.69, 9.17) is 4.74 Å². The van der Waals surface area contributed by atoms with Crippen molar-refractivity contribution in [2.24, 2.45) is 0 Å². The lowest BCUT2D eigenvalue weighted by molar-refractivity contribution is 0.0977. The number of ether oxygens (including phenoxy) is 1. The molecule has 0 aromatic heterocycles. The van der Waals surface area contributed by atoms with Crippen molar-refractivity contribution in [2.75, 3.05) is 6.61 Å². The highest BCUT2D eigenvalue weighted by Crippen LogP contribution is 2.14. The third kappa shape index (κ3) is 14.3. The van der Waals surface area contributed by atoms with Crippen LogP contribution < -0.4 is 0 Å². The summed E-state index contributed by atoms with van der Waals surface area (Å²) in [6.07, 6.45) is 15.0. The Morgan fingerprint density at radius 2 is 1.30 bits per heavy atom. The molecule has 0 rings (SSSR count). The van der Waals surface area contributed by atoms with E-state index in [-0.39, 0.29) is 6.10 Å². The molecule has 1 atom stereocenters. The van der Waals surface area contributed by atoms with Crippen molar-refractivity contribution in [3.05, 3.63) is 46.6 Å². The molecule has 0 fully saturated rings. The van der Waals surface area contributed by atoms with Gasteiger partial charge in [0, 0.05) is 6.61 Å². The first-order valence-electron chi connectivity index (χ1n) is 9.06. The van der Waals surface area contributed by atoms with Gasteiger partial charge in [0.05, 0.1) is 6.10 Å². The van der Waals surface area contributed by atoms with Crippen LogP contribution >= 0.6 is 0 Å². The van der Waals surface area contributed by atoms with Crippen LogP contribution in [0.4, 0.5) is 0 Å². The first kappa shape index (κ1) is 21.9. The fraction of sp³-hybridized carbons (Fsp3) is 0.636. The molecular weight excluding hydrogens is 280 g/mol. The van der Waals surface area contributed by atoms with Crippen molar-refractivity contribution in [3.63, 3.8) is 0 Å². The van der Waals surface area contributed by atoms with Crippen LogP contribution in [0.5, 0.6) is 0 Å². The van der Waals surface area contributed by atoms with E-state index < -0.39 is 0 Å². The highest BCUT2D eigenvalue weighted by molar-refractivity contribution is 5.09. The Hall–Kier alpha value is -1.08. The summed E-state index contributed by atoms with van der Waals surface area (Å²) in [7, 11) is 0. The third-order valence-corrected chi connectivity index (χ3v) is 3.73. The lowest BCUT2D eigenvalue weighted by atomic mass is 10.0. The molecule has 0 heterocycles. The Morgan fingerprint density at radius 1 is 0.783 bits per heavy atom. The Bertz CT molecular complexity index is 427. The van der Waals surface area contributed by atoms with Gasteiger partial charge in [-0.2, -0.15) is 0 Å². The molecule has 0 spiro atoms. The zero-order valence-electron chi connectivity index (χ0n) is 16.5. The Kier molecular flexibility index (Phi) is 12.7. The molecule has 0 N–H and O–H groups in total. The van der Waals surface area contributed by atoms with Gasteiger partial charge in [-0.1, -0.05) is 46.6 Å². The molecule has 132 valence electrons. The highest BCUT2D eigenvalue weighted by Gasteiger charge is 2.04. The average Bonchev–Trinajstić information content (AvgIpc) is 2.44. The van der Waals surface area contributed by atoms with Crippen LogP contribution in [0.15, 0.2) is 46.6 Å². The van der Waals surface area contributed by atoms with Gasteiger partial charge in [-0.05, 0) is 80.6 Å². The van der Waals surface area contributed by atoms with Crippen molar-refractivity contribution in [1.29, 1.82) is 0 Å². The standard InChI is InChI=1S/C22H38O/c1-8-23-22(17-21(7)14-10-12-19(4)5)16-15-20(6)13-9-11-18(2)3/h11-12,15,17,22H,8-10,13-14,16H2,1-7H3/b20-15+,21-17+. The van der Waals surface area contributed by atoms with Crippen molar-refractivity contribution < 1.29 is 4.74 Å². The lowest BCUT2D eigenvalue weighted by Crippen LogP contribution is -2.09. The maximum atomic E-state index is 5.88. The van der Waals surface area contributed by atoms with E-state index in [2.05, 4.69) is 72.8 Å². The smallest absolute Gasteiger partial charge is 0.0792 e. The first-order chi connectivity index (χ1) is 10.8. The average molecular weight is 319 g/mol. The molecule has 0 aliphatic rings. The summed E-state index contributed by atoms with van der Waals surface area (Å²) in [6, 6.07) is 0. The van der Waals surface area contributed by atoms with E-state index in [0.29, 0.717) is 0 Å². The quantitative estimate of drug-likeness (QED) is 0.367. The number of rotatable bonds is 11. The normalized spacial score (nSPS) is 13.7. The summed E-state index contributed by atoms with van der Waals surface area (Å²) in [5.74, 6) is 0. The van der Waals surface area contributed by atoms with Crippen molar-refractivity contribution in [2.45, 2.75) is 86.7 Å². The Labute approximate surface area is 145 Å². The van der Waals surface area contributed by atoms with Crippen molar-refractivity contribution in [3.8, 4) is 0 Å². The molecule has 0 radical (unpaired) electrons. The first-order valence-corrected chi connectivity index (χ1v) is 9.06. The molecule has 1 nitrogen and oxygen atoms in total. The van der Waals surface area contributed by atoms with Crippen LogP contribution in [0.2, 0.25) is 0 Å². The van der Waals surface area contributed by atoms with Crippen molar-refractivity contribution >= 4 is 0 Å². The predicted octanol–water partition coefficient (Wildman–Crippen LogP) is 7.17. The summed E-state index contributed by atoms with van der Waals surface area (Å²) in [6.45, 7) is 15.9. The van der Waals surface area contributed by atoms with E-state index in [0.717, 1.165) is 38.7 Å². The number of hydrogen-bond acceptors (Lipinski definition) is 1. The van der Waals surface area contributed by atoms with Crippen LogP contribution in [0.1, 0.15) is 80.6 Å². The van der Waals surface area contributed by atoms with E-state index in [1.54, 1.807) is 0 Å². The van der Waals surface area contributed by atoms with Gasteiger partial charge in [-0.25, -0.2) is 0 Å². The summed E-state index contributed by atoms with van der Waals surface area (Å²) in [5, 5.41) is 0. The Balaban J connectivity index is 4.48. The van der Waals surface area contributed by atoms with Crippen LogP contribution in [0, 0.1) is 0 Å². The largest absolute Gasteiger partial charge is 0.374 e. The molecule has 0 amide bonds. The van der Waals surface area contributed by atoms with Gasteiger partial charge >= 0.3 is 0 Å². The molecule has 0 aromatic carbocycles. The van der Waals surface area contributed by atoms with E-state index >= 15 is 0 Å². The highest BCUT2D eigenvalue weighted by atomic mass is 16.5. The molecule has 0 aliphatic carbocycles. The monoisotopic (exact) mass is 318 g/mol. The van der Waals surface area contributed by atoms with Gasteiger partial charge in [0.15, 0.2) is 0 Å². The fourth-order valence-electron chi connectivity index (χ4n) is 2.40. The molecule has 0 bridgehead atoms. The minimum absolute atomic E-state index is 0.213. The van der Waals surface area contributed by atoms with Gasteiger partial charge in [0.1, 0.15) is 0 Å². The summed E-state index contributed by atoms with van der Waals surface area (Å²) < 4.78 is 5.88. The topological polar surface area (TPSA) is 9.23 Å². The predicted molar refractivity (Wildman–Crippen MR) is 105 cm³/mol. The molecule has 23 heavy (non-hydrogen) atoms. The summed E-state index contributed by atoms with van der Waals surface area (Å²) in [4.78, 5) is 0. The summed E-state index contributed by atoms with van der Waals surface area (Å²) >= 11 is 0. The fourth-order valence-corrected chi connectivity index (χ4v) is 2.40. The van der Waals surface area contributed by atoms with Gasteiger partial charge in [-0.15, -0.1) is 0 Å². The van der Waals surface area contributed by atoms with E-state index in [9.17, 15) is 0 Å². The van der Waals surface area contributed by atoms with Crippen LogP contribution in [0.3, 0.4) is 0 Å². The Morgan fingerprint density at radius 3 is 1.78 bits per heavy atom. The molecule has 0 aromatic rings. The molecule has 1 unspecified atom stereocenters.